The number of rotatable bonds is 1. The lowest BCUT2D eigenvalue weighted by molar-refractivity contribution is 0.0154. The minimum Gasteiger partial charge on any atom is -0.377 e. The van der Waals surface area contributed by atoms with Crippen LogP contribution in [0.4, 0.5) is 0 Å². The molecule has 24 heavy (non-hydrogen) atoms. The predicted octanol–water partition coefficient (Wildman–Crippen LogP) is 4.01. The summed E-state index contributed by atoms with van der Waals surface area (Å²) in [7, 11) is 0. The third-order valence-electron chi connectivity index (χ3n) is 5.65. The maximum atomic E-state index is 11.1. The fraction of sp³-hybridized carbons (Fsp3) is 0.350. The highest BCUT2D eigenvalue weighted by Gasteiger charge is 2.54. The summed E-state index contributed by atoms with van der Waals surface area (Å²) in [5.41, 5.74) is 4.53. The van der Waals surface area contributed by atoms with Crippen molar-refractivity contribution in [2.24, 2.45) is 5.41 Å². The molecule has 1 aromatic carbocycles. The second-order valence-corrected chi connectivity index (χ2v) is 7.46. The molecule has 1 N–H and O–H groups in total. The normalized spacial score (nSPS) is 27.8. The molecule has 4 rings (SSSR count). The Morgan fingerprint density at radius 1 is 1.29 bits per heavy atom. The lowest BCUT2D eigenvalue weighted by Gasteiger charge is -2.39. The highest BCUT2D eigenvalue weighted by molar-refractivity contribution is 9.12. The third-order valence-corrected chi connectivity index (χ3v) is 5.85. The Morgan fingerprint density at radius 3 is 2.75 bits per heavy atom. The molecule has 3 nitrogen and oxygen atoms in total. The standard InChI is InChI=1S/C20H19BrN2O/c1-14-3-5-17(6-4-14)23-18-11-16-7-8-20(24,9-10-21)19(16,2)12-15(18)13-22-23/h3-6,11,13,24H,7-8,12H2,1-2H3/t19-,20+/m0/s1. The van der Waals surface area contributed by atoms with Crippen LogP contribution in [0, 0.1) is 23.1 Å². The van der Waals surface area contributed by atoms with Crippen LogP contribution in [0.25, 0.3) is 11.8 Å². The van der Waals surface area contributed by atoms with Gasteiger partial charge in [0.15, 0.2) is 0 Å². The molecular weight excluding hydrogens is 364 g/mol. The number of aliphatic hydroxyl groups is 1. The highest BCUT2D eigenvalue weighted by atomic mass is 79.9. The van der Waals surface area contributed by atoms with E-state index in [0.717, 1.165) is 24.2 Å². The summed E-state index contributed by atoms with van der Waals surface area (Å²) in [5, 5.41) is 15.6. The van der Waals surface area contributed by atoms with Gasteiger partial charge in [0.2, 0.25) is 0 Å². The van der Waals surface area contributed by atoms with E-state index in [1.807, 2.05) is 10.9 Å². The van der Waals surface area contributed by atoms with E-state index in [2.05, 4.69) is 76.0 Å². The van der Waals surface area contributed by atoms with Gasteiger partial charge in [-0.1, -0.05) is 36.1 Å². The monoisotopic (exact) mass is 382 g/mol. The first-order valence-electron chi connectivity index (χ1n) is 8.17. The molecule has 0 saturated heterocycles. The highest BCUT2D eigenvalue weighted by Crippen LogP contribution is 2.55. The molecule has 2 aliphatic carbocycles. The van der Waals surface area contributed by atoms with E-state index in [4.69, 9.17) is 0 Å². The Kier molecular flexibility index (Phi) is 3.49. The van der Waals surface area contributed by atoms with Crippen LogP contribution in [0.2, 0.25) is 0 Å². The molecule has 4 heteroatoms. The number of benzene rings is 1. The first kappa shape index (κ1) is 15.7. The van der Waals surface area contributed by atoms with Crippen molar-refractivity contribution >= 4 is 22.0 Å². The molecule has 0 spiro atoms. The molecule has 2 aromatic rings. The van der Waals surface area contributed by atoms with Gasteiger partial charge < -0.3 is 5.11 Å². The van der Waals surface area contributed by atoms with Crippen LogP contribution in [0.3, 0.4) is 0 Å². The second kappa shape index (κ2) is 5.34. The number of aromatic nitrogens is 2. The van der Waals surface area contributed by atoms with Crippen LogP contribution in [-0.2, 0) is 6.42 Å². The molecule has 1 heterocycles. The van der Waals surface area contributed by atoms with E-state index >= 15 is 0 Å². The van der Waals surface area contributed by atoms with E-state index in [9.17, 15) is 5.11 Å². The molecule has 0 bridgehead atoms. The maximum absolute atomic E-state index is 11.1. The van der Waals surface area contributed by atoms with Crippen LogP contribution in [0.5, 0.6) is 0 Å². The SMILES string of the molecule is Cc1ccc(-n2ncc3c2C=C2CC[C@@](O)(C#CBr)[C@@]2(C)C3)cc1. The lowest BCUT2D eigenvalue weighted by atomic mass is 9.67. The Bertz CT molecular complexity index is 900. The van der Waals surface area contributed by atoms with E-state index in [-0.39, 0.29) is 5.41 Å². The second-order valence-electron chi connectivity index (χ2n) is 7.06. The van der Waals surface area contributed by atoms with Gasteiger partial charge >= 0.3 is 0 Å². The summed E-state index contributed by atoms with van der Waals surface area (Å²) < 4.78 is 1.99. The van der Waals surface area contributed by atoms with Crippen LogP contribution in [0.15, 0.2) is 36.0 Å². The third kappa shape index (κ3) is 2.12. The summed E-state index contributed by atoms with van der Waals surface area (Å²) in [4.78, 5) is 2.73. The van der Waals surface area contributed by atoms with Gasteiger partial charge in [-0.25, -0.2) is 4.68 Å². The van der Waals surface area contributed by atoms with Crippen molar-refractivity contribution in [2.75, 3.05) is 0 Å². The predicted molar refractivity (Wildman–Crippen MR) is 99.0 cm³/mol. The molecule has 2 aliphatic rings. The molecule has 0 radical (unpaired) electrons. The molecule has 122 valence electrons. The van der Waals surface area contributed by atoms with Crippen molar-refractivity contribution in [3.05, 3.63) is 52.9 Å². The first-order chi connectivity index (χ1) is 11.5. The zero-order valence-electron chi connectivity index (χ0n) is 13.8. The van der Waals surface area contributed by atoms with Crippen molar-refractivity contribution < 1.29 is 5.11 Å². The quantitative estimate of drug-likeness (QED) is 0.756. The average Bonchev–Trinajstić information content (AvgIpc) is 3.06. The lowest BCUT2D eigenvalue weighted by Crippen LogP contribution is -2.44. The minimum atomic E-state index is -0.980. The van der Waals surface area contributed by atoms with Crippen LogP contribution >= 0.6 is 15.9 Å². The molecule has 0 amide bonds. The van der Waals surface area contributed by atoms with Crippen molar-refractivity contribution in [3.8, 4) is 16.4 Å². The number of hydrogen-bond donors (Lipinski definition) is 1. The van der Waals surface area contributed by atoms with Gasteiger partial charge in [0.05, 0.1) is 17.6 Å². The average molecular weight is 383 g/mol. The van der Waals surface area contributed by atoms with E-state index in [1.54, 1.807) is 0 Å². The van der Waals surface area contributed by atoms with E-state index in [0.29, 0.717) is 6.42 Å². The molecule has 1 saturated carbocycles. The zero-order chi connectivity index (χ0) is 16.9. The van der Waals surface area contributed by atoms with Gasteiger partial charge in [-0.15, -0.1) is 0 Å². The summed E-state index contributed by atoms with van der Waals surface area (Å²) in [6.45, 7) is 4.20. The smallest absolute Gasteiger partial charge is 0.136 e. The molecule has 2 atom stereocenters. The molecule has 0 aliphatic heterocycles. The number of hydrogen-bond acceptors (Lipinski definition) is 2. The summed E-state index contributed by atoms with van der Waals surface area (Å²) >= 11 is 3.15. The summed E-state index contributed by atoms with van der Waals surface area (Å²) in [6.07, 6.45) is 6.44. The zero-order valence-corrected chi connectivity index (χ0v) is 15.4. The van der Waals surface area contributed by atoms with E-state index in [1.165, 1.54) is 16.7 Å². The van der Waals surface area contributed by atoms with Gasteiger partial charge in [0.25, 0.3) is 0 Å². The number of halogens is 1. The van der Waals surface area contributed by atoms with Gasteiger partial charge in [-0.2, -0.15) is 5.10 Å². The van der Waals surface area contributed by atoms with Gasteiger partial charge in [0.1, 0.15) is 5.60 Å². The Hall–Kier alpha value is -1.83. The van der Waals surface area contributed by atoms with Crippen molar-refractivity contribution in [2.45, 2.75) is 38.7 Å². The molecule has 1 aromatic heterocycles. The van der Waals surface area contributed by atoms with Crippen molar-refractivity contribution in [3.63, 3.8) is 0 Å². The van der Waals surface area contributed by atoms with Crippen molar-refractivity contribution in [1.29, 1.82) is 0 Å². The van der Waals surface area contributed by atoms with Crippen LogP contribution in [-0.4, -0.2) is 20.5 Å². The van der Waals surface area contributed by atoms with Gasteiger partial charge in [-0.05, 0) is 54.8 Å². The molecule has 0 unspecified atom stereocenters. The minimum absolute atomic E-state index is 0.345. The Labute approximate surface area is 150 Å². The van der Waals surface area contributed by atoms with E-state index < -0.39 is 5.60 Å². The largest absolute Gasteiger partial charge is 0.377 e. The fourth-order valence-corrected chi connectivity index (χ4v) is 4.35. The first-order valence-corrected chi connectivity index (χ1v) is 8.96. The van der Waals surface area contributed by atoms with Gasteiger partial charge in [-0.3, -0.25) is 0 Å². The van der Waals surface area contributed by atoms with Crippen LogP contribution < -0.4 is 0 Å². The van der Waals surface area contributed by atoms with Gasteiger partial charge in [0, 0.05) is 21.3 Å². The maximum Gasteiger partial charge on any atom is 0.136 e. The summed E-state index contributed by atoms with van der Waals surface area (Å²) in [6, 6.07) is 8.39. The number of nitrogens with zero attached hydrogens (tertiary/aromatic N) is 2. The van der Waals surface area contributed by atoms with Crippen LogP contribution in [0.1, 0.15) is 36.6 Å². The summed E-state index contributed by atoms with van der Waals surface area (Å²) in [5.74, 6) is 2.99. The fourth-order valence-electron chi connectivity index (χ4n) is 4.02. The number of fused-ring (bicyclic) bond motifs is 2. The number of aryl methyl sites for hydroxylation is 1. The molecular formula is C20H19BrN2O. The topological polar surface area (TPSA) is 38.0 Å². The Morgan fingerprint density at radius 2 is 2.04 bits per heavy atom. The Balaban J connectivity index is 1.81. The molecule has 1 fully saturated rings. The van der Waals surface area contributed by atoms with Crippen molar-refractivity contribution in [1.82, 2.24) is 9.78 Å².